The number of nitrogens with zero attached hydrogens (tertiary/aromatic N) is 3. The van der Waals surface area contributed by atoms with Crippen LogP contribution >= 0.6 is 0 Å². The molecule has 6 heteroatoms. The summed E-state index contributed by atoms with van der Waals surface area (Å²) < 4.78 is 10.9. The zero-order chi connectivity index (χ0) is 14.9. The Balaban J connectivity index is 1.55. The average Bonchev–Trinajstić information content (AvgIpc) is 3.22. The van der Waals surface area contributed by atoms with Crippen molar-refractivity contribution in [2.45, 2.75) is 25.2 Å². The summed E-state index contributed by atoms with van der Waals surface area (Å²) in [6.45, 7) is 2.11. The largest absolute Gasteiger partial charge is 0.448 e. The fourth-order valence-electron chi connectivity index (χ4n) is 3.09. The number of pyridine rings is 1. The third-order valence-corrected chi connectivity index (χ3v) is 4.34. The second kappa shape index (κ2) is 5.53. The van der Waals surface area contributed by atoms with Gasteiger partial charge in [-0.1, -0.05) is 0 Å². The number of hydrogen-bond donors (Lipinski definition) is 0. The Kier molecular flexibility index (Phi) is 3.38. The number of aromatic nitrogens is 2. The van der Waals surface area contributed by atoms with Crippen molar-refractivity contribution in [3.63, 3.8) is 0 Å². The van der Waals surface area contributed by atoms with Crippen LogP contribution in [0.3, 0.4) is 0 Å². The van der Waals surface area contributed by atoms with Crippen LogP contribution in [0.1, 0.15) is 40.7 Å². The van der Waals surface area contributed by atoms with Crippen LogP contribution in [-0.4, -0.2) is 35.6 Å². The lowest BCUT2D eigenvalue weighted by Gasteiger charge is -2.18. The quantitative estimate of drug-likeness (QED) is 0.850. The molecule has 0 atom stereocenters. The summed E-state index contributed by atoms with van der Waals surface area (Å²) >= 11 is 0. The van der Waals surface area contributed by atoms with Crippen molar-refractivity contribution in [2.24, 2.45) is 0 Å². The Morgan fingerprint density at radius 3 is 3.05 bits per heavy atom. The zero-order valence-electron chi connectivity index (χ0n) is 12.2. The highest BCUT2D eigenvalue weighted by Crippen LogP contribution is 2.29. The van der Waals surface area contributed by atoms with Gasteiger partial charge in [0.05, 0.1) is 11.9 Å². The van der Waals surface area contributed by atoms with Gasteiger partial charge >= 0.3 is 0 Å². The van der Waals surface area contributed by atoms with Crippen molar-refractivity contribution in [3.8, 4) is 0 Å². The highest BCUT2D eigenvalue weighted by Gasteiger charge is 2.29. The second-order valence-corrected chi connectivity index (χ2v) is 5.67. The van der Waals surface area contributed by atoms with Crippen molar-refractivity contribution < 1.29 is 13.9 Å². The molecule has 114 valence electrons. The summed E-state index contributed by atoms with van der Waals surface area (Å²) in [6, 6.07) is 1.96. The maximum atomic E-state index is 12.7. The molecule has 4 rings (SSSR count). The molecule has 4 heterocycles. The summed E-state index contributed by atoms with van der Waals surface area (Å²) in [7, 11) is 0. The fourth-order valence-corrected chi connectivity index (χ4v) is 3.09. The van der Waals surface area contributed by atoms with Crippen molar-refractivity contribution in [2.75, 3.05) is 24.7 Å². The third kappa shape index (κ3) is 2.29. The average molecular weight is 299 g/mol. The number of hydrogen-bond acceptors (Lipinski definition) is 5. The first-order chi connectivity index (χ1) is 10.8. The van der Waals surface area contributed by atoms with Gasteiger partial charge in [0.2, 0.25) is 0 Å². The van der Waals surface area contributed by atoms with Gasteiger partial charge in [-0.05, 0) is 30.9 Å². The van der Waals surface area contributed by atoms with E-state index in [0.29, 0.717) is 18.1 Å². The minimum Gasteiger partial charge on any atom is -0.448 e. The van der Waals surface area contributed by atoms with E-state index in [1.807, 2.05) is 6.07 Å². The van der Waals surface area contributed by atoms with Crippen LogP contribution in [0, 0.1) is 0 Å². The maximum Gasteiger partial charge on any atom is 0.280 e. The normalized spacial score (nSPS) is 18.5. The van der Waals surface area contributed by atoms with Crippen LogP contribution in [-0.2, 0) is 11.2 Å². The van der Waals surface area contributed by atoms with E-state index < -0.39 is 0 Å². The van der Waals surface area contributed by atoms with Gasteiger partial charge in [0.15, 0.2) is 11.6 Å². The van der Waals surface area contributed by atoms with Crippen molar-refractivity contribution >= 4 is 11.6 Å². The van der Waals surface area contributed by atoms with E-state index in [0.717, 1.165) is 43.7 Å². The summed E-state index contributed by atoms with van der Waals surface area (Å²) in [5.74, 6) is 0.786. The number of anilines is 1. The number of amides is 1. The van der Waals surface area contributed by atoms with E-state index >= 15 is 0 Å². The maximum absolute atomic E-state index is 12.7. The van der Waals surface area contributed by atoms with Crippen LogP contribution in [0.2, 0.25) is 0 Å². The van der Waals surface area contributed by atoms with Crippen LogP contribution in [0.4, 0.5) is 5.69 Å². The van der Waals surface area contributed by atoms with Gasteiger partial charge in [-0.25, -0.2) is 4.98 Å². The predicted molar refractivity (Wildman–Crippen MR) is 78.9 cm³/mol. The molecule has 1 amide bonds. The smallest absolute Gasteiger partial charge is 0.280 e. The van der Waals surface area contributed by atoms with E-state index in [1.165, 1.54) is 6.26 Å². The Labute approximate surface area is 128 Å². The molecular formula is C16H17N3O3. The predicted octanol–water partition coefficient (Wildman–Crippen LogP) is 2.17. The molecule has 0 aromatic carbocycles. The monoisotopic (exact) mass is 299 g/mol. The molecule has 1 fully saturated rings. The SMILES string of the molecule is O=C(c1coc(C2CCOCC2)n1)N1CCc2ccncc21. The molecule has 2 aliphatic heterocycles. The van der Waals surface area contributed by atoms with Crippen molar-refractivity contribution in [1.29, 1.82) is 0 Å². The number of fused-ring (bicyclic) bond motifs is 1. The number of carbonyl (C=O) groups is 1. The standard InChI is InChI=1S/C16H17N3O3/c20-16(19-6-2-11-1-5-17-9-14(11)19)13-10-22-15(18-13)12-3-7-21-8-4-12/h1,5,9-10,12H,2-4,6-8H2. The summed E-state index contributed by atoms with van der Waals surface area (Å²) in [4.78, 5) is 22.9. The number of ether oxygens (including phenoxy) is 1. The lowest BCUT2D eigenvalue weighted by Crippen LogP contribution is -2.29. The molecule has 0 N–H and O–H groups in total. The topological polar surface area (TPSA) is 68.5 Å². The minimum absolute atomic E-state index is 0.117. The van der Waals surface area contributed by atoms with E-state index in [9.17, 15) is 4.79 Å². The minimum atomic E-state index is -0.117. The van der Waals surface area contributed by atoms with E-state index in [1.54, 1.807) is 17.3 Å². The van der Waals surface area contributed by atoms with Gasteiger partial charge in [-0.2, -0.15) is 0 Å². The molecule has 0 spiro atoms. The van der Waals surface area contributed by atoms with Crippen LogP contribution in [0.15, 0.2) is 29.1 Å². The Hall–Kier alpha value is -2.21. The molecule has 2 aromatic heterocycles. The van der Waals surface area contributed by atoms with E-state index in [2.05, 4.69) is 9.97 Å². The molecule has 0 bridgehead atoms. The summed E-state index contributed by atoms with van der Waals surface area (Å²) in [5.41, 5.74) is 2.40. The van der Waals surface area contributed by atoms with Gasteiger partial charge in [0, 0.05) is 31.9 Å². The molecule has 0 radical (unpaired) electrons. The van der Waals surface area contributed by atoms with Crippen molar-refractivity contribution in [3.05, 3.63) is 41.9 Å². The first-order valence-electron chi connectivity index (χ1n) is 7.61. The lowest BCUT2D eigenvalue weighted by atomic mass is 10.0. The molecule has 22 heavy (non-hydrogen) atoms. The molecule has 1 saturated heterocycles. The first kappa shape index (κ1) is 13.5. The molecule has 0 aliphatic carbocycles. The zero-order valence-corrected chi connectivity index (χ0v) is 12.2. The van der Waals surface area contributed by atoms with Gasteiger partial charge in [-0.15, -0.1) is 0 Å². The van der Waals surface area contributed by atoms with Gasteiger partial charge in [0.25, 0.3) is 5.91 Å². The molecule has 6 nitrogen and oxygen atoms in total. The molecule has 0 unspecified atom stereocenters. The lowest BCUT2D eigenvalue weighted by molar-refractivity contribution is 0.0794. The first-order valence-corrected chi connectivity index (χ1v) is 7.61. The Morgan fingerprint density at radius 2 is 2.18 bits per heavy atom. The number of oxazole rings is 1. The highest BCUT2D eigenvalue weighted by atomic mass is 16.5. The van der Waals surface area contributed by atoms with E-state index in [-0.39, 0.29) is 11.8 Å². The Bertz CT molecular complexity index is 691. The van der Waals surface area contributed by atoms with Crippen LogP contribution < -0.4 is 4.90 Å². The van der Waals surface area contributed by atoms with Gasteiger partial charge < -0.3 is 14.1 Å². The van der Waals surface area contributed by atoms with Crippen LogP contribution in [0.5, 0.6) is 0 Å². The summed E-state index contributed by atoms with van der Waals surface area (Å²) in [6.07, 6.45) is 7.61. The summed E-state index contributed by atoms with van der Waals surface area (Å²) in [5, 5.41) is 0. The van der Waals surface area contributed by atoms with Gasteiger partial charge in [-0.3, -0.25) is 9.78 Å². The highest BCUT2D eigenvalue weighted by molar-refractivity contribution is 6.05. The van der Waals surface area contributed by atoms with Gasteiger partial charge in [0.1, 0.15) is 6.26 Å². The number of carbonyl (C=O) groups excluding carboxylic acids is 1. The molecule has 2 aliphatic rings. The molecule has 0 saturated carbocycles. The number of rotatable bonds is 2. The van der Waals surface area contributed by atoms with E-state index in [4.69, 9.17) is 9.15 Å². The second-order valence-electron chi connectivity index (χ2n) is 5.67. The third-order valence-electron chi connectivity index (χ3n) is 4.34. The fraction of sp³-hybridized carbons (Fsp3) is 0.438. The van der Waals surface area contributed by atoms with Crippen molar-refractivity contribution in [1.82, 2.24) is 9.97 Å². The van der Waals surface area contributed by atoms with Crippen LogP contribution in [0.25, 0.3) is 0 Å². The molecular weight excluding hydrogens is 282 g/mol. The Morgan fingerprint density at radius 1 is 1.32 bits per heavy atom. The molecule has 2 aromatic rings.